The number of Topliss-reactive ketones (excluding diaryl/α,β-unsaturated/α-hetero) is 1. The Bertz CT molecular complexity index is 532. The van der Waals surface area contributed by atoms with Gasteiger partial charge in [-0.05, 0) is 29.8 Å². The number of benzene rings is 2. The second kappa shape index (κ2) is 7.46. The quantitative estimate of drug-likeness (QED) is 0.436. The van der Waals surface area contributed by atoms with Crippen molar-refractivity contribution in [3.63, 3.8) is 0 Å². The summed E-state index contributed by atoms with van der Waals surface area (Å²) in [6, 6.07) is 17.1. The minimum Gasteiger partial charge on any atom is -0.468 e. The predicted molar refractivity (Wildman–Crippen MR) is 77.8 cm³/mol. The summed E-state index contributed by atoms with van der Waals surface area (Å²) in [6.07, 6.45) is 0.514. The fourth-order valence-electron chi connectivity index (χ4n) is 1.78. The van der Waals surface area contributed by atoms with E-state index in [9.17, 15) is 4.79 Å². The zero-order chi connectivity index (χ0) is 14.2. The first-order chi connectivity index (χ1) is 9.79. The Hall–Kier alpha value is -2.13. The van der Waals surface area contributed by atoms with Gasteiger partial charge in [-0.15, -0.1) is 0 Å². The largest absolute Gasteiger partial charge is 0.468 e. The van der Waals surface area contributed by atoms with Crippen LogP contribution in [-0.2, 0) is 11.3 Å². The van der Waals surface area contributed by atoms with Gasteiger partial charge in [0.05, 0.1) is 6.61 Å². The molecule has 104 valence electrons. The van der Waals surface area contributed by atoms with Gasteiger partial charge in [0.2, 0.25) is 0 Å². The maximum Gasteiger partial charge on any atom is 0.189 e. The van der Waals surface area contributed by atoms with Crippen molar-refractivity contribution in [1.82, 2.24) is 0 Å². The van der Waals surface area contributed by atoms with Crippen molar-refractivity contribution in [2.45, 2.75) is 20.0 Å². The maximum atomic E-state index is 11.5. The van der Waals surface area contributed by atoms with Crippen molar-refractivity contribution in [3.05, 3.63) is 65.7 Å². The molecule has 0 aliphatic rings. The van der Waals surface area contributed by atoms with E-state index in [1.54, 1.807) is 24.3 Å². The van der Waals surface area contributed by atoms with Crippen molar-refractivity contribution in [2.75, 3.05) is 6.79 Å². The monoisotopic (exact) mass is 270 g/mol. The van der Waals surface area contributed by atoms with E-state index in [0.29, 0.717) is 24.3 Å². The van der Waals surface area contributed by atoms with Gasteiger partial charge in [0.15, 0.2) is 12.6 Å². The standard InChI is InChI=1S/C17H18O3/c1-2-17(18)15-8-10-16(11-9-15)20-13-19-12-14-6-4-3-5-7-14/h3-11H,2,12-13H2,1H3. The highest BCUT2D eigenvalue weighted by Crippen LogP contribution is 2.13. The first kappa shape index (κ1) is 14.3. The van der Waals surface area contributed by atoms with Crippen LogP contribution in [0.2, 0.25) is 0 Å². The molecule has 0 atom stereocenters. The lowest BCUT2D eigenvalue weighted by atomic mass is 10.1. The summed E-state index contributed by atoms with van der Waals surface area (Å²) in [4.78, 5) is 11.5. The lowest BCUT2D eigenvalue weighted by molar-refractivity contribution is 0.00504. The van der Waals surface area contributed by atoms with Gasteiger partial charge < -0.3 is 9.47 Å². The van der Waals surface area contributed by atoms with Gasteiger partial charge in [-0.1, -0.05) is 37.3 Å². The second-order valence-corrected chi connectivity index (χ2v) is 4.40. The van der Waals surface area contributed by atoms with Crippen LogP contribution in [-0.4, -0.2) is 12.6 Å². The van der Waals surface area contributed by atoms with E-state index < -0.39 is 0 Å². The highest BCUT2D eigenvalue weighted by Gasteiger charge is 2.02. The molecule has 2 aromatic carbocycles. The molecule has 3 nitrogen and oxygen atoms in total. The summed E-state index contributed by atoms with van der Waals surface area (Å²) in [5.74, 6) is 0.836. The van der Waals surface area contributed by atoms with Gasteiger partial charge in [-0.25, -0.2) is 0 Å². The Labute approximate surface area is 119 Å². The van der Waals surface area contributed by atoms with Gasteiger partial charge in [0, 0.05) is 12.0 Å². The maximum absolute atomic E-state index is 11.5. The molecule has 0 spiro atoms. The summed E-state index contributed by atoms with van der Waals surface area (Å²) in [7, 11) is 0. The normalized spacial score (nSPS) is 10.2. The van der Waals surface area contributed by atoms with Crippen LogP contribution in [0.3, 0.4) is 0 Å². The highest BCUT2D eigenvalue weighted by atomic mass is 16.7. The molecule has 0 amide bonds. The third-order valence-corrected chi connectivity index (χ3v) is 2.92. The molecule has 0 unspecified atom stereocenters. The Balaban J connectivity index is 1.75. The molecule has 0 aliphatic carbocycles. The van der Waals surface area contributed by atoms with Crippen molar-refractivity contribution >= 4 is 5.78 Å². The molecule has 0 saturated carbocycles. The van der Waals surface area contributed by atoms with E-state index in [0.717, 1.165) is 5.56 Å². The molecule has 0 saturated heterocycles. The Kier molecular flexibility index (Phi) is 5.33. The predicted octanol–water partition coefficient (Wildman–Crippen LogP) is 3.83. The molecule has 2 aromatic rings. The number of ketones is 1. The van der Waals surface area contributed by atoms with E-state index in [4.69, 9.17) is 9.47 Å². The van der Waals surface area contributed by atoms with E-state index in [1.807, 2.05) is 37.3 Å². The molecule has 0 N–H and O–H groups in total. The summed E-state index contributed by atoms with van der Waals surface area (Å²) in [6.45, 7) is 2.56. The molecule has 0 heterocycles. The third-order valence-electron chi connectivity index (χ3n) is 2.92. The average Bonchev–Trinajstić information content (AvgIpc) is 2.52. The summed E-state index contributed by atoms with van der Waals surface area (Å²) in [5, 5.41) is 0. The fraction of sp³-hybridized carbons (Fsp3) is 0.235. The number of hydrogen-bond acceptors (Lipinski definition) is 3. The van der Waals surface area contributed by atoms with Gasteiger partial charge >= 0.3 is 0 Å². The Morgan fingerprint density at radius 1 is 1.00 bits per heavy atom. The number of rotatable bonds is 7. The van der Waals surface area contributed by atoms with Gasteiger partial charge in [0.1, 0.15) is 5.75 Å². The molecule has 2 rings (SSSR count). The van der Waals surface area contributed by atoms with Crippen LogP contribution in [0.4, 0.5) is 0 Å². The topological polar surface area (TPSA) is 35.5 Å². The lowest BCUT2D eigenvalue weighted by Crippen LogP contribution is -2.03. The molecule has 0 aliphatic heterocycles. The minimum atomic E-state index is 0.136. The average molecular weight is 270 g/mol. The van der Waals surface area contributed by atoms with Crippen LogP contribution >= 0.6 is 0 Å². The second-order valence-electron chi connectivity index (χ2n) is 4.40. The van der Waals surface area contributed by atoms with Gasteiger partial charge in [-0.3, -0.25) is 4.79 Å². The van der Waals surface area contributed by atoms with Crippen molar-refractivity contribution in [2.24, 2.45) is 0 Å². The van der Waals surface area contributed by atoms with E-state index in [2.05, 4.69) is 0 Å². The molecule has 0 radical (unpaired) electrons. The van der Waals surface area contributed by atoms with Crippen molar-refractivity contribution in [1.29, 1.82) is 0 Å². The van der Waals surface area contributed by atoms with Gasteiger partial charge in [-0.2, -0.15) is 0 Å². The summed E-state index contributed by atoms with van der Waals surface area (Å²) < 4.78 is 10.9. The fourth-order valence-corrected chi connectivity index (χ4v) is 1.78. The molecular formula is C17H18O3. The van der Waals surface area contributed by atoms with Gasteiger partial charge in [0.25, 0.3) is 0 Å². The zero-order valence-corrected chi connectivity index (χ0v) is 11.5. The van der Waals surface area contributed by atoms with Crippen LogP contribution in [0.5, 0.6) is 5.75 Å². The summed E-state index contributed by atoms with van der Waals surface area (Å²) in [5.41, 5.74) is 1.82. The Morgan fingerprint density at radius 2 is 1.70 bits per heavy atom. The van der Waals surface area contributed by atoms with Crippen LogP contribution in [0, 0.1) is 0 Å². The number of hydrogen-bond donors (Lipinski definition) is 0. The smallest absolute Gasteiger partial charge is 0.189 e. The van der Waals surface area contributed by atoms with E-state index in [1.165, 1.54) is 0 Å². The molecule has 0 bridgehead atoms. The Morgan fingerprint density at radius 3 is 2.35 bits per heavy atom. The zero-order valence-electron chi connectivity index (χ0n) is 11.5. The van der Waals surface area contributed by atoms with E-state index in [-0.39, 0.29) is 12.6 Å². The summed E-state index contributed by atoms with van der Waals surface area (Å²) >= 11 is 0. The van der Waals surface area contributed by atoms with Crippen LogP contribution in [0.15, 0.2) is 54.6 Å². The lowest BCUT2D eigenvalue weighted by Gasteiger charge is -2.07. The first-order valence-electron chi connectivity index (χ1n) is 6.67. The molecule has 20 heavy (non-hydrogen) atoms. The van der Waals surface area contributed by atoms with Crippen molar-refractivity contribution < 1.29 is 14.3 Å². The molecule has 0 aromatic heterocycles. The molecule has 3 heteroatoms. The van der Waals surface area contributed by atoms with Crippen molar-refractivity contribution in [3.8, 4) is 5.75 Å². The number of ether oxygens (including phenoxy) is 2. The molecular weight excluding hydrogens is 252 g/mol. The number of carbonyl (C=O) groups excluding carboxylic acids is 1. The molecule has 0 fully saturated rings. The highest BCUT2D eigenvalue weighted by molar-refractivity contribution is 5.95. The number of carbonyl (C=O) groups is 1. The first-order valence-corrected chi connectivity index (χ1v) is 6.67. The third kappa shape index (κ3) is 4.21. The van der Waals surface area contributed by atoms with Crippen LogP contribution < -0.4 is 4.74 Å². The van der Waals surface area contributed by atoms with E-state index >= 15 is 0 Å². The SMILES string of the molecule is CCC(=O)c1ccc(OCOCc2ccccc2)cc1. The van der Waals surface area contributed by atoms with Crippen LogP contribution in [0.1, 0.15) is 29.3 Å². The minimum absolute atomic E-state index is 0.136. The van der Waals surface area contributed by atoms with Crippen LogP contribution in [0.25, 0.3) is 0 Å².